The molecule has 3 amide bonds. The summed E-state index contributed by atoms with van der Waals surface area (Å²) in [5.41, 5.74) is 1.91. The fourth-order valence-electron chi connectivity index (χ4n) is 4.86. The molecule has 5 aromatic rings. The Morgan fingerprint density at radius 3 is 2.17 bits per heavy atom. The molecule has 0 aliphatic rings. The second-order valence-electron chi connectivity index (χ2n) is 11.1. The van der Waals surface area contributed by atoms with E-state index in [1.165, 1.54) is 12.1 Å². The lowest BCUT2D eigenvalue weighted by Crippen LogP contribution is -2.41. The number of benzene rings is 4. The third kappa shape index (κ3) is 7.58. The van der Waals surface area contributed by atoms with E-state index in [1.54, 1.807) is 78.9 Å². The molecule has 10 heteroatoms. The molecule has 0 bridgehead atoms. The summed E-state index contributed by atoms with van der Waals surface area (Å²) in [5, 5.41) is 9.11. The minimum absolute atomic E-state index is 0.243. The molecule has 7 nitrogen and oxygen atoms in total. The van der Waals surface area contributed by atoms with E-state index >= 15 is 0 Å². The first kappa shape index (κ1) is 31.9. The molecule has 1 aromatic heterocycles. The zero-order valence-corrected chi connectivity index (χ0v) is 25.1. The molecule has 1 heterocycles. The van der Waals surface area contributed by atoms with E-state index in [9.17, 15) is 27.6 Å². The maximum atomic E-state index is 13.3. The molecule has 234 valence electrons. The van der Waals surface area contributed by atoms with E-state index < -0.39 is 29.6 Å². The molecule has 1 atom stereocenters. The highest BCUT2D eigenvalue weighted by Crippen LogP contribution is 2.32. The first-order valence-electron chi connectivity index (χ1n) is 14.6. The van der Waals surface area contributed by atoms with Crippen LogP contribution in [0.2, 0.25) is 0 Å². The van der Waals surface area contributed by atoms with E-state index in [4.69, 9.17) is 0 Å². The van der Waals surface area contributed by atoms with Gasteiger partial charge >= 0.3 is 6.18 Å². The van der Waals surface area contributed by atoms with Gasteiger partial charge in [-0.3, -0.25) is 14.4 Å². The van der Waals surface area contributed by atoms with Gasteiger partial charge in [0.1, 0.15) is 11.9 Å². The number of nitrogens with zero attached hydrogens (tertiary/aromatic N) is 1. The van der Waals surface area contributed by atoms with E-state index in [0.717, 1.165) is 12.1 Å². The number of carbonyl (C=O) groups is 3. The van der Waals surface area contributed by atoms with Crippen LogP contribution in [0.5, 0.6) is 0 Å². The molecule has 0 fully saturated rings. The van der Waals surface area contributed by atoms with Crippen LogP contribution >= 0.6 is 0 Å². The maximum Gasteiger partial charge on any atom is 0.416 e. The number of anilines is 1. The number of hydrogen-bond donors (Lipinski definition) is 3. The van der Waals surface area contributed by atoms with Crippen molar-refractivity contribution in [2.45, 2.75) is 26.1 Å². The van der Waals surface area contributed by atoms with E-state index in [-0.39, 0.29) is 23.2 Å². The molecule has 0 aliphatic carbocycles. The molecule has 0 radical (unpaired) electrons. The molecular weight excluding hydrogens is 593 g/mol. The fourth-order valence-corrected chi connectivity index (χ4v) is 4.86. The summed E-state index contributed by atoms with van der Waals surface area (Å²) in [6.45, 7) is 4.44. The van der Waals surface area contributed by atoms with Crippen LogP contribution in [0.25, 0.3) is 22.0 Å². The van der Waals surface area contributed by atoms with Crippen molar-refractivity contribution in [3.05, 3.63) is 131 Å². The highest BCUT2D eigenvalue weighted by Gasteiger charge is 2.30. The van der Waals surface area contributed by atoms with Crippen LogP contribution in [0, 0.1) is 5.92 Å². The van der Waals surface area contributed by atoms with E-state index in [2.05, 4.69) is 20.9 Å². The van der Waals surface area contributed by atoms with Crippen LogP contribution in [0.1, 0.15) is 51.7 Å². The number of halogens is 3. The van der Waals surface area contributed by atoms with Gasteiger partial charge in [-0.15, -0.1) is 0 Å². The summed E-state index contributed by atoms with van der Waals surface area (Å²) in [5.74, 6) is -0.736. The molecule has 3 N–H and O–H groups in total. The Kier molecular flexibility index (Phi) is 9.46. The Labute approximate surface area is 263 Å². The van der Waals surface area contributed by atoms with Crippen molar-refractivity contribution in [1.82, 2.24) is 15.6 Å². The van der Waals surface area contributed by atoms with Crippen molar-refractivity contribution < 1.29 is 27.6 Å². The third-order valence-corrected chi connectivity index (χ3v) is 7.24. The monoisotopic (exact) mass is 624 g/mol. The summed E-state index contributed by atoms with van der Waals surface area (Å²) in [7, 11) is 0. The van der Waals surface area contributed by atoms with Gasteiger partial charge < -0.3 is 16.0 Å². The zero-order chi connectivity index (χ0) is 32.8. The van der Waals surface area contributed by atoms with Gasteiger partial charge in [0.25, 0.3) is 11.8 Å². The molecule has 0 saturated heterocycles. The first-order chi connectivity index (χ1) is 22.0. The fraction of sp³-hybridized carbons (Fsp3) is 0.167. The summed E-state index contributed by atoms with van der Waals surface area (Å²) >= 11 is 0. The summed E-state index contributed by atoms with van der Waals surface area (Å²) in [6, 6.07) is 27.5. The number of nitrogens with one attached hydrogen (secondary N) is 3. The molecule has 0 aliphatic heterocycles. The standard InChI is InChI=1S/C36H31F3N4O3/c1-22(2)21-40-35(46)32(24-8-4-3-5-9-24)43-33(44)26-14-18-30-25(20-26)15-19-31(41-30)42-34(45)29-11-7-6-10-28(29)23-12-16-27(17-13-23)36(37,38)39/h3-20,22,32H,21H2,1-2H3,(H,40,46)(H,43,44)(H,41,42,45)/t32-/m0/s1. The lowest BCUT2D eigenvalue weighted by Gasteiger charge is -2.20. The van der Waals surface area contributed by atoms with Crippen molar-refractivity contribution in [2.75, 3.05) is 11.9 Å². The zero-order valence-electron chi connectivity index (χ0n) is 25.1. The van der Waals surface area contributed by atoms with Crippen LogP contribution in [0.15, 0.2) is 109 Å². The largest absolute Gasteiger partial charge is 0.416 e. The van der Waals surface area contributed by atoms with E-state index in [1.807, 2.05) is 19.9 Å². The second kappa shape index (κ2) is 13.6. The lowest BCUT2D eigenvalue weighted by atomic mass is 9.98. The van der Waals surface area contributed by atoms with Crippen molar-refractivity contribution >= 4 is 34.4 Å². The summed E-state index contributed by atoms with van der Waals surface area (Å²) in [4.78, 5) is 44.0. The Bertz CT molecular complexity index is 1870. The molecule has 46 heavy (non-hydrogen) atoms. The van der Waals surface area contributed by atoms with Gasteiger partial charge in [-0.1, -0.05) is 74.5 Å². The Morgan fingerprint density at radius 2 is 1.48 bits per heavy atom. The normalized spacial score (nSPS) is 12.0. The number of amides is 3. The second-order valence-corrected chi connectivity index (χ2v) is 11.1. The van der Waals surface area contributed by atoms with Gasteiger partial charge in [-0.05, 0) is 71.1 Å². The first-order valence-corrected chi connectivity index (χ1v) is 14.6. The van der Waals surface area contributed by atoms with Gasteiger partial charge in [0, 0.05) is 23.1 Å². The number of aromatic nitrogens is 1. The van der Waals surface area contributed by atoms with Gasteiger partial charge in [-0.25, -0.2) is 4.98 Å². The molecule has 5 rings (SSSR count). The molecule has 0 spiro atoms. The van der Waals surface area contributed by atoms with Crippen LogP contribution in [0.4, 0.5) is 19.0 Å². The number of fused-ring (bicyclic) bond motifs is 1. The third-order valence-electron chi connectivity index (χ3n) is 7.24. The minimum atomic E-state index is -4.46. The summed E-state index contributed by atoms with van der Waals surface area (Å²) in [6.07, 6.45) is -4.46. The molecule has 0 unspecified atom stereocenters. The van der Waals surface area contributed by atoms with Crippen LogP contribution in [0.3, 0.4) is 0 Å². The SMILES string of the molecule is CC(C)CNC(=O)[C@@H](NC(=O)c1ccc2nc(NC(=O)c3ccccc3-c3ccc(C(F)(F)F)cc3)ccc2c1)c1ccccc1. The molecular formula is C36H31F3N4O3. The number of alkyl halides is 3. The quantitative estimate of drug-likeness (QED) is 0.159. The topological polar surface area (TPSA) is 100 Å². The highest BCUT2D eigenvalue weighted by atomic mass is 19.4. The number of pyridine rings is 1. The average Bonchev–Trinajstić information content (AvgIpc) is 3.05. The van der Waals surface area contributed by atoms with Gasteiger partial charge in [-0.2, -0.15) is 13.2 Å². The van der Waals surface area contributed by atoms with Crippen LogP contribution in [-0.4, -0.2) is 29.3 Å². The van der Waals surface area contributed by atoms with Crippen molar-refractivity contribution in [3.63, 3.8) is 0 Å². The number of hydrogen-bond acceptors (Lipinski definition) is 4. The Morgan fingerprint density at radius 1 is 0.783 bits per heavy atom. The van der Waals surface area contributed by atoms with Crippen LogP contribution in [-0.2, 0) is 11.0 Å². The lowest BCUT2D eigenvalue weighted by molar-refractivity contribution is -0.137. The van der Waals surface area contributed by atoms with Crippen molar-refractivity contribution in [1.29, 1.82) is 0 Å². The predicted octanol–water partition coefficient (Wildman–Crippen LogP) is 7.42. The van der Waals surface area contributed by atoms with Crippen LogP contribution < -0.4 is 16.0 Å². The average molecular weight is 625 g/mol. The predicted molar refractivity (Wildman–Crippen MR) is 171 cm³/mol. The highest BCUT2D eigenvalue weighted by molar-refractivity contribution is 6.09. The minimum Gasteiger partial charge on any atom is -0.354 e. The van der Waals surface area contributed by atoms with Crippen molar-refractivity contribution in [3.8, 4) is 11.1 Å². The Balaban J connectivity index is 1.32. The molecule has 4 aromatic carbocycles. The van der Waals surface area contributed by atoms with Gasteiger partial charge in [0.2, 0.25) is 5.91 Å². The number of rotatable bonds is 9. The van der Waals surface area contributed by atoms with Gasteiger partial charge in [0.05, 0.1) is 11.1 Å². The smallest absolute Gasteiger partial charge is 0.354 e. The molecule has 0 saturated carbocycles. The summed E-state index contributed by atoms with van der Waals surface area (Å²) < 4.78 is 39.1. The maximum absolute atomic E-state index is 13.3. The van der Waals surface area contributed by atoms with Crippen molar-refractivity contribution in [2.24, 2.45) is 5.92 Å². The van der Waals surface area contributed by atoms with E-state index in [0.29, 0.717) is 39.7 Å². The Hall–Kier alpha value is -5.51. The van der Waals surface area contributed by atoms with Gasteiger partial charge in [0.15, 0.2) is 0 Å². The number of carbonyl (C=O) groups excluding carboxylic acids is 3.